The zero-order valence-corrected chi connectivity index (χ0v) is 23.1. The van der Waals surface area contributed by atoms with E-state index in [1.54, 1.807) is 0 Å². The molecular formula is C33H41N3O4. The number of nitrogens with one attached hydrogen (secondary N) is 2. The van der Waals surface area contributed by atoms with Crippen LogP contribution in [0.25, 0.3) is 0 Å². The Bertz CT molecular complexity index is 1180. The number of hydrogen-bond acceptors (Lipinski definition) is 5. The third-order valence-electron chi connectivity index (χ3n) is 7.76. The average Bonchev–Trinajstić information content (AvgIpc) is 2.98. The van der Waals surface area contributed by atoms with E-state index in [1.807, 2.05) is 78.9 Å². The summed E-state index contributed by atoms with van der Waals surface area (Å²) in [5, 5.41) is 15.3. The highest BCUT2D eigenvalue weighted by Gasteiger charge is 2.33. The van der Waals surface area contributed by atoms with Gasteiger partial charge in [0.25, 0.3) is 0 Å². The summed E-state index contributed by atoms with van der Waals surface area (Å²) in [5.74, 6) is 0. The lowest BCUT2D eigenvalue weighted by Crippen LogP contribution is -2.40. The lowest BCUT2D eigenvalue weighted by molar-refractivity contribution is -0.253. The fourth-order valence-corrected chi connectivity index (χ4v) is 5.49. The molecule has 2 fully saturated rings. The molecule has 0 bridgehead atoms. The summed E-state index contributed by atoms with van der Waals surface area (Å²) in [6.07, 6.45) is 6.66. The number of nitrogens with zero attached hydrogens (tertiary/aromatic N) is 1. The number of benzene rings is 3. The molecule has 0 aliphatic carbocycles. The minimum atomic E-state index is -0.503. The molecule has 2 amide bonds. The zero-order chi connectivity index (χ0) is 27.6. The monoisotopic (exact) mass is 543 g/mol. The second-order valence-electron chi connectivity index (χ2n) is 10.8. The van der Waals surface area contributed by atoms with Gasteiger partial charge in [0, 0.05) is 30.8 Å². The number of urea groups is 1. The lowest BCUT2D eigenvalue weighted by atomic mass is 9.99. The Balaban J connectivity index is 1.24. The minimum absolute atomic E-state index is 0.0276. The fourth-order valence-electron chi connectivity index (χ4n) is 5.49. The van der Waals surface area contributed by atoms with Crippen LogP contribution in [0.2, 0.25) is 0 Å². The van der Waals surface area contributed by atoms with Gasteiger partial charge in [-0.05, 0) is 54.8 Å². The predicted octanol–water partition coefficient (Wildman–Crippen LogP) is 6.31. The summed E-state index contributed by atoms with van der Waals surface area (Å²) in [6.45, 7) is 3.63. The Kier molecular flexibility index (Phi) is 10.2. The summed E-state index contributed by atoms with van der Waals surface area (Å²) in [6, 6.07) is 25.3. The van der Waals surface area contributed by atoms with Gasteiger partial charge in [-0.15, -0.1) is 0 Å². The normalized spacial score (nSPS) is 22.2. The molecule has 212 valence electrons. The number of aliphatic hydroxyl groups is 1. The van der Waals surface area contributed by atoms with E-state index >= 15 is 0 Å². The zero-order valence-electron chi connectivity index (χ0n) is 23.1. The van der Waals surface area contributed by atoms with Crippen molar-refractivity contribution in [3.63, 3.8) is 0 Å². The van der Waals surface area contributed by atoms with E-state index in [2.05, 4.69) is 15.5 Å². The van der Waals surface area contributed by atoms with Gasteiger partial charge in [-0.1, -0.05) is 86.0 Å². The quantitative estimate of drug-likeness (QED) is 0.310. The summed E-state index contributed by atoms with van der Waals surface area (Å²) in [4.78, 5) is 15.0. The first kappa shape index (κ1) is 28.3. The highest BCUT2D eigenvalue weighted by atomic mass is 16.7. The molecular weight excluding hydrogens is 502 g/mol. The van der Waals surface area contributed by atoms with E-state index in [1.165, 1.54) is 32.1 Å². The summed E-state index contributed by atoms with van der Waals surface area (Å²) in [7, 11) is 0. The van der Waals surface area contributed by atoms with Gasteiger partial charge >= 0.3 is 6.03 Å². The molecule has 3 aromatic rings. The van der Waals surface area contributed by atoms with Crippen LogP contribution in [0.3, 0.4) is 0 Å². The van der Waals surface area contributed by atoms with Gasteiger partial charge in [0.1, 0.15) is 0 Å². The van der Waals surface area contributed by atoms with Crippen molar-refractivity contribution in [2.24, 2.45) is 0 Å². The number of carbonyl (C=O) groups excluding carboxylic acids is 1. The topological polar surface area (TPSA) is 83.1 Å². The summed E-state index contributed by atoms with van der Waals surface area (Å²) < 4.78 is 13.1. The Hall–Kier alpha value is -3.23. The Morgan fingerprint density at radius 2 is 1.48 bits per heavy atom. The minimum Gasteiger partial charge on any atom is -0.392 e. The van der Waals surface area contributed by atoms with Crippen molar-refractivity contribution in [3.05, 3.63) is 101 Å². The predicted molar refractivity (Wildman–Crippen MR) is 157 cm³/mol. The maximum absolute atomic E-state index is 12.4. The molecule has 0 saturated carbocycles. The van der Waals surface area contributed by atoms with E-state index in [-0.39, 0.29) is 24.8 Å². The Morgan fingerprint density at radius 1 is 0.800 bits per heavy atom. The van der Waals surface area contributed by atoms with Crippen LogP contribution in [0, 0.1) is 0 Å². The molecule has 2 aliphatic rings. The first-order chi connectivity index (χ1) is 19.7. The molecule has 2 heterocycles. The van der Waals surface area contributed by atoms with Crippen LogP contribution in [0.15, 0.2) is 78.9 Å². The van der Waals surface area contributed by atoms with Crippen molar-refractivity contribution in [1.82, 2.24) is 10.2 Å². The first-order valence-corrected chi connectivity index (χ1v) is 14.6. The van der Waals surface area contributed by atoms with E-state index < -0.39 is 6.29 Å². The number of rotatable bonds is 8. The smallest absolute Gasteiger partial charge is 0.319 e. The number of ether oxygens (including phenoxy) is 2. The average molecular weight is 544 g/mol. The molecule has 3 unspecified atom stereocenters. The molecule has 3 atom stereocenters. The number of hydrogen-bond donors (Lipinski definition) is 3. The largest absolute Gasteiger partial charge is 0.392 e. The van der Waals surface area contributed by atoms with E-state index in [9.17, 15) is 9.90 Å². The Labute approximate surface area is 237 Å². The van der Waals surface area contributed by atoms with Crippen molar-refractivity contribution in [2.45, 2.75) is 70.2 Å². The number of likely N-dealkylation sites (tertiary alicyclic amines) is 1. The standard InChI is InChI=1S/C33H41N3O4/c37-24-26-11-13-27(14-12-26)31-21-30(23-36-19-7-2-1-3-8-20-36)39-32(40-31)28-15-17-29(18-16-28)35-33(38)34-22-25-9-5-4-6-10-25/h4-6,9-18,30-32,37H,1-3,7-8,19-24H2,(H2,34,35,38). The number of amides is 2. The van der Waals surface area contributed by atoms with Gasteiger partial charge in [0.05, 0.1) is 18.8 Å². The summed E-state index contributed by atoms with van der Waals surface area (Å²) >= 11 is 0. The van der Waals surface area contributed by atoms with Crippen LogP contribution in [-0.2, 0) is 22.6 Å². The van der Waals surface area contributed by atoms with Crippen molar-refractivity contribution in [3.8, 4) is 0 Å². The van der Waals surface area contributed by atoms with Crippen molar-refractivity contribution >= 4 is 11.7 Å². The van der Waals surface area contributed by atoms with Crippen LogP contribution in [0.5, 0.6) is 0 Å². The number of aliphatic hydroxyl groups excluding tert-OH is 1. The van der Waals surface area contributed by atoms with Crippen molar-refractivity contribution in [1.29, 1.82) is 0 Å². The van der Waals surface area contributed by atoms with Gasteiger partial charge in [-0.3, -0.25) is 0 Å². The molecule has 7 nitrogen and oxygen atoms in total. The maximum atomic E-state index is 12.4. The number of anilines is 1. The fraction of sp³-hybridized carbons (Fsp3) is 0.424. The highest BCUT2D eigenvalue weighted by Crippen LogP contribution is 2.38. The van der Waals surface area contributed by atoms with Crippen LogP contribution < -0.4 is 10.6 Å². The van der Waals surface area contributed by atoms with E-state index in [0.29, 0.717) is 12.2 Å². The van der Waals surface area contributed by atoms with Crippen molar-refractivity contribution < 1.29 is 19.4 Å². The second-order valence-corrected chi connectivity index (χ2v) is 10.8. The van der Waals surface area contributed by atoms with E-state index in [0.717, 1.165) is 48.3 Å². The highest BCUT2D eigenvalue weighted by molar-refractivity contribution is 5.89. The molecule has 0 radical (unpaired) electrons. The second kappa shape index (κ2) is 14.4. The molecule has 7 heteroatoms. The van der Waals surface area contributed by atoms with Gasteiger partial charge in [0.2, 0.25) is 0 Å². The molecule has 0 aromatic heterocycles. The molecule has 5 rings (SSSR count). The van der Waals surface area contributed by atoms with Crippen LogP contribution in [-0.4, -0.2) is 41.8 Å². The van der Waals surface area contributed by atoms with Gasteiger partial charge in [0.15, 0.2) is 6.29 Å². The van der Waals surface area contributed by atoms with Crippen molar-refractivity contribution in [2.75, 3.05) is 25.0 Å². The SMILES string of the molecule is O=C(NCc1ccccc1)Nc1ccc(C2OC(CN3CCCCCCC3)CC(c3ccc(CO)cc3)O2)cc1. The molecule has 2 saturated heterocycles. The molecule has 0 spiro atoms. The first-order valence-electron chi connectivity index (χ1n) is 14.6. The van der Waals surface area contributed by atoms with Crippen LogP contribution in [0.4, 0.5) is 10.5 Å². The maximum Gasteiger partial charge on any atom is 0.319 e. The third-order valence-corrected chi connectivity index (χ3v) is 7.76. The van der Waals surface area contributed by atoms with Gasteiger partial charge in [-0.25, -0.2) is 4.79 Å². The van der Waals surface area contributed by atoms with Gasteiger partial charge < -0.3 is 30.1 Å². The van der Waals surface area contributed by atoms with Gasteiger partial charge in [-0.2, -0.15) is 0 Å². The molecule has 40 heavy (non-hydrogen) atoms. The number of carbonyl (C=O) groups is 1. The summed E-state index contributed by atoms with van der Waals surface area (Å²) in [5.41, 5.74) is 4.66. The van der Waals surface area contributed by atoms with E-state index in [4.69, 9.17) is 9.47 Å². The Morgan fingerprint density at radius 3 is 2.17 bits per heavy atom. The third kappa shape index (κ3) is 8.15. The molecule has 3 aromatic carbocycles. The molecule has 3 N–H and O–H groups in total. The molecule has 2 aliphatic heterocycles. The lowest BCUT2D eigenvalue weighted by Gasteiger charge is -2.38. The van der Waals surface area contributed by atoms with Crippen LogP contribution >= 0.6 is 0 Å². The van der Waals surface area contributed by atoms with Crippen LogP contribution in [0.1, 0.15) is 73.2 Å².